The molecule has 1 aliphatic carbocycles. The molecule has 206 valence electrons. The van der Waals surface area contributed by atoms with Crippen LogP contribution in [-0.4, -0.2) is 9.49 Å². The lowest BCUT2D eigenvalue weighted by Crippen LogP contribution is -2.38. The van der Waals surface area contributed by atoms with Crippen LogP contribution in [0.4, 0.5) is 5.69 Å². The molecule has 2 aliphatic rings. The molecule has 1 atom stereocenters. The van der Waals surface area contributed by atoms with Gasteiger partial charge in [-0.1, -0.05) is 96.3 Å². The van der Waals surface area contributed by atoms with Crippen molar-refractivity contribution in [1.82, 2.24) is 4.57 Å². The summed E-state index contributed by atoms with van der Waals surface area (Å²) in [6.45, 7) is 0.409. The number of rotatable bonds is 6. The van der Waals surface area contributed by atoms with E-state index in [1.54, 1.807) is 16.7 Å². The van der Waals surface area contributed by atoms with Gasteiger partial charge in [-0.2, -0.15) is 0 Å². The maximum atomic E-state index is 14.1. The predicted molar refractivity (Wildman–Crippen MR) is 163 cm³/mol. The highest BCUT2D eigenvalue weighted by Crippen LogP contribution is 2.41. The van der Waals surface area contributed by atoms with Crippen LogP contribution < -0.4 is 19.6 Å². The highest BCUT2D eigenvalue weighted by Gasteiger charge is 2.33. The molecular formula is C34H25N3O4S. The molecule has 0 N–H and O–H groups in total. The van der Waals surface area contributed by atoms with Crippen LogP contribution >= 0.6 is 11.3 Å². The average molecular weight is 572 g/mol. The van der Waals surface area contributed by atoms with Crippen molar-refractivity contribution in [1.29, 1.82) is 0 Å². The van der Waals surface area contributed by atoms with Gasteiger partial charge in [-0.3, -0.25) is 19.5 Å². The number of benzene rings is 4. The van der Waals surface area contributed by atoms with Crippen LogP contribution in [0, 0.1) is 10.1 Å². The van der Waals surface area contributed by atoms with Crippen LogP contribution in [0.3, 0.4) is 0 Å². The lowest BCUT2D eigenvalue weighted by Gasteiger charge is -2.30. The summed E-state index contributed by atoms with van der Waals surface area (Å²) in [5.41, 5.74) is 6.47. The molecule has 1 aromatic heterocycles. The van der Waals surface area contributed by atoms with E-state index in [1.807, 2.05) is 78.9 Å². The van der Waals surface area contributed by atoms with Crippen molar-refractivity contribution in [2.24, 2.45) is 4.99 Å². The van der Waals surface area contributed by atoms with Crippen molar-refractivity contribution in [2.75, 3.05) is 0 Å². The van der Waals surface area contributed by atoms with Gasteiger partial charge in [0.1, 0.15) is 12.4 Å². The molecule has 5 aromatic rings. The first kappa shape index (κ1) is 25.9. The first-order valence-corrected chi connectivity index (χ1v) is 14.5. The fourth-order valence-electron chi connectivity index (χ4n) is 5.74. The highest BCUT2D eigenvalue weighted by atomic mass is 32.1. The number of aromatic nitrogens is 1. The van der Waals surface area contributed by atoms with Gasteiger partial charge in [0.15, 0.2) is 4.80 Å². The van der Waals surface area contributed by atoms with Crippen molar-refractivity contribution in [2.45, 2.75) is 25.5 Å². The highest BCUT2D eigenvalue weighted by molar-refractivity contribution is 7.07. The Balaban J connectivity index is 1.38. The molecule has 2 heterocycles. The monoisotopic (exact) mass is 571 g/mol. The van der Waals surface area contributed by atoms with Crippen molar-refractivity contribution >= 4 is 28.8 Å². The first-order valence-electron chi connectivity index (χ1n) is 13.7. The molecule has 0 saturated heterocycles. The minimum absolute atomic E-state index is 0.00511. The van der Waals surface area contributed by atoms with Crippen molar-refractivity contribution < 1.29 is 9.66 Å². The third kappa shape index (κ3) is 4.65. The molecule has 0 amide bonds. The Labute approximate surface area is 245 Å². The van der Waals surface area contributed by atoms with E-state index in [0.29, 0.717) is 33.7 Å². The van der Waals surface area contributed by atoms with E-state index in [9.17, 15) is 14.9 Å². The quantitative estimate of drug-likeness (QED) is 0.190. The Bertz CT molecular complexity index is 2060. The summed E-state index contributed by atoms with van der Waals surface area (Å²) < 4.78 is 8.37. The second-order valence-electron chi connectivity index (χ2n) is 10.3. The molecule has 8 heteroatoms. The number of hydrogen-bond acceptors (Lipinski definition) is 6. The number of hydrogen-bond donors (Lipinski definition) is 0. The van der Waals surface area contributed by atoms with Crippen LogP contribution in [0.25, 0.3) is 11.8 Å². The van der Waals surface area contributed by atoms with Gasteiger partial charge < -0.3 is 4.74 Å². The molecule has 0 bridgehead atoms. The lowest BCUT2D eigenvalue weighted by molar-refractivity contribution is -0.384. The largest absolute Gasteiger partial charge is 0.488 e. The van der Waals surface area contributed by atoms with Gasteiger partial charge in [0.05, 0.1) is 21.2 Å². The Hall–Kier alpha value is -5.08. The van der Waals surface area contributed by atoms with Gasteiger partial charge in [0.25, 0.3) is 11.2 Å². The van der Waals surface area contributed by atoms with Gasteiger partial charge in [0.2, 0.25) is 0 Å². The number of non-ortho nitro benzene ring substituents is 1. The van der Waals surface area contributed by atoms with E-state index in [2.05, 4.69) is 12.1 Å². The lowest BCUT2D eigenvalue weighted by atomic mass is 9.83. The maximum absolute atomic E-state index is 14.1. The molecule has 7 rings (SSSR count). The summed E-state index contributed by atoms with van der Waals surface area (Å²) in [5.74, 6) is 0.677. The van der Waals surface area contributed by atoms with E-state index in [4.69, 9.17) is 9.73 Å². The summed E-state index contributed by atoms with van der Waals surface area (Å²) in [7, 11) is 0. The zero-order valence-corrected chi connectivity index (χ0v) is 23.3. The Kier molecular flexibility index (Phi) is 6.60. The molecular weight excluding hydrogens is 546 g/mol. The molecule has 0 unspecified atom stereocenters. The number of aryl methyl sites for hydroxylation is 1. The normalized spacial score (nSPS) is 15.8. The van der Waals surface area contributed by atoms with E-state index in [1.165, 1.54) is 23.0 Å². The van der Waals surface area contributed by atoms with Gasteiger partial charge >= 0.3 is 0 Å². The first-order chi connectivity index (χ1) is 20.6. The number of ether oxygens (including phenoxy) is 1. The Morgan fingerprint density at radius 3 is 2.60 bits per heavy atom. The summed E-state index contributed by atoms with van der Waals surface area (Å²) in [6, 6.07) is 31.9. The summed E-state index contributed by atoms with van der Waals surface area (Å²) >= 11 is 1.32. The number of nitrogens with zero attached hydrogens (tertiary/aromatic N) is 3. The van der Waals surface area contributed by atoms with Crippen LogP contribution in [0.1, 0.15) is 40.3 Å². The van der Waals surface area contributed by atoms with Crippen LogP contribution in [0.5, 0.6) is 5.75 Å². The third-order valence-corrected chi connectivity index (χ3v) is 8.70. The average Bonchev–Trinajstić information content (AvgIpc) is 3.34. The molecule has 0 saturated carbocycles. The van der Waals surface area contributed by atoms with Gasteiger partial charge in [-0.15, -0.1) is 0 Å². The maximum Gasteiger partial charge on any atom is 0.271 e. The zero-order chi connectivity index (χ0) is 28.6. The fraction of sp³-hybridized carbons (Fsp3) is 0.118. The number of thiazole rings is 1. The van der Waals surface area contributed by atoms with Crippen molar-refractivity contribution in [3.05, 3.63) is 166 Å². The third-order valence-electron chi connectivity index (χ3n) is 7.71. The molecule has 0 radical (unpaired) electrons. The number of para-hydroxylation sites is 1. The van der Waals surface area contributed by atoms with Crippen LogP contribution in [-0.2, 0) is 13.0 Å². The van der Waals surface area contributed by atoms with E-state index in [-0.39, 0.29) is 11.2 Å². The van der Waals surface area contributed by atoms with E-state index in [0.717, 1.165) is 34.4 Å². The minimum Gasteiger partial charge on any atom is -0.488 e. The minimum atomic E-state index is -0.490. The van der Waals surface area contributed by atoms with E-state index < -0.39 is 11.0 Å². The van der Waals surface area contributed by atoms with Gasteiger partial charge in [0, 0.05) is 23.3 Å². The van der Waals surface area contributed by atoms with E-state index >= 15 is 0 Å². The predicted octanol–water partition coefficient (Wildman–Crippen LogP) is 5.81. The molecule has 42 heavy (non-hydrogen) atoms. The topological polar surface area (TPSA) is 86.7 Å². The summed E-state index contributed by atoms with van der Waals surface area (Å²) in [6.07, 6.45) is 3.38. The second kappa shape index (κ2) is 10.7. The summed E-state index contributed by atoms with van der Waals surface area (Å²) in [5, 5.41) is 11.7. The van der Waals surface area contributed by atoms with Gasteiger partial charge in [-0.05, 0) is 47.2 Å². The fourth-order valence-corrected chi connectivity index (χ4v) is 6.73. The zero-order valence-electron chi connectivity index (χ0n) is 22.5. The van der Waals surface area contributed by atoms with Crippen LogP contribution in [0.2, 0.25) is 0 Å². The Morgan fingerprint density at radius 2 is 1.74 bits per heavy atom. The molecule has 4 aromatic carbocycles. The molecule has 0 spiro atoms. The molecule has 7 nitrogen and oxygen atoms in total. The number of fused-ring (bicyclic) bond motifs is 3. The second-order valence-corrected chi connectivity index (χ2v) is 11.3. The standard InChI is InChI=1S/C34H25N3O4S/c38-33-30(20-24-12-5-7-16-29(24)41-21-22-9-2-1-3-10-22)42-34-35-31-27-15-6-4-11-23(27)17-18-28(31)32(36(33)34)25-13-8-14-26(19-25)37(39)40/h1-16,19-20,32H,17-18,21H2/b30-20-/t32-/m1/s1. The number of nitro groups is 1. The van der Waals surface area contributed by atoms with Gasteiger partial charge in [-0.25, -0.2) is 4.99 Å². The van der Waals surface area contributed by atoms with Crippen molar-refractivity contribution in [3.8, 4) is 5.75 Å². The number of allylic oxidation sites excluding steroid dienone is 1. The molecule has 0 fully saturated rings. The van der Waals surface area contributed by atoms with Crippen molar-refractivity contribution in [3.63, 3.8) is 0 Å². The van der Waals surface area contributed by atoms with Crippen LogP contribution in [0.15, 0.2) is 118 Å². The summed E-state index contributed by atoms with van der Waals surface area (Å²) in [4.78, 5) is 31.0. The number of nitro benzene ring substituents is 1. The SMILES string of the molecule is O=c1/c(=C/c2ccccc2OCc2ccccc2)sc2n1[C@H](c1cccc([N+](=O)[O-])c1)C1=C(N=2)c2ccccc2CC1. The Morgan fingerprint density at radius 1 is 0.952 bits per heavy atom. The smallest absolute Gasteiger partial charge is 0.271 e. The molecule has 1 aliphatic heterocycles.